The molecule has 1 aliphatic heterocycles. The summed E-state index contributed by atoms with van der Waals surface area (Å²) in [5, 5.41) is 20.0. The van der Waals surface area contributed by atoms with Crippen LogP contribution in [0.25, 0.3) is 11.1 Å². The van der Waals surface area contributed by atoms with Crippen molar-refractivity contribution < 1.29 is 24.5 Å². The summed E-state index contributed by atoms with van der Waals surface area (Å²) < 4.78 is 11.7. The molecule has 1 fully saturated rings. The number of carbonyl (C=O) groups is 1. The Bertz CT molecular complexity index is 1170. The molecule has 6 heteroatoms. The van der Waals surface area contributed by atoms with Crippen molar-refractivity contribution in [2.75, 3.05) is 13.2 Å². The van der Waals surface area contributed by atoms with Crippen LogP contribution < -0.4 is 4.74 Å². The average molecular weight is 490 g/mol. The highest BCUT2D eigenvalue weighted by Gasteiger charge is 2.39. The van der Waals surface area contributed by atoms with E-state index in [1.807, 2.05) is 69.3 Å². The Morgan fingerprint density at radius 1 is 0.944 bits per heavy atom. The van der Waals surface area contributed by atoms with Crippen molar-refractivity contribution in [3.05, 3.63) is 89.5 Å². The summed E-state index contributed by atoms with van der Waals surface area (Å²) in [6.07, 6.45) is 0.273. The SMILES string of the molecule is CC(C)(C)OC(=O)N1CC[C@H](c2cc(CO)cc(OCc3cccc(-c4ccccc4)c3)c2)[C@H]1CO. The number of benzene rings is 3. The van der Waals surface area contributed by atoms with Crippen LogP contribution >= 0.6 is 0 Å². The molecule has 190 valence electrons. The van der Waals surface area contributed by atoms with Crippen molar-refractivity contribution in [2.45, 2.75) is 58.0 Å². The highest BCUT2D eigenvalue weighted by molar-refractivity contribution is 5.69. The molecular weight excluding hydrogens is 454 g/mol. The van der Waals surface area contributed by atoms with E-state index in [-0.39, 0.29) is 19.1 Å². The molecule has 1 amide bonds. The second-order valence-corrected chi connectivity index (χ2v) is 10.2. The van der Waals surface area contributed by atoms with E-state index in [2.05, 4.69) is 24.3 Å². The first kappa shape index (κ1) is 25.7. The standard InChI is InChI=1S/C30H35NO5/c1-30(2,3)36-29(34)31-13-12-27(28(31)19-33)25-15-22(18-32)16-26(17-25)35-20-21-8-7-11-24(14-21)23-9-5-4-6-10-23/h4-11,14-17,27-28,32-33H,12-13,18-20H2,1-3H3/t27-,28-/m1/s1. The molecule has 36 heavy (non-hydrogen) atoms. The maximum Gasteiger partial charge on any atom is 0.410 e. The number of nitrogens with zero attached hydrogens (tertiary/aromatic N) is 1. The third-order valence-corrected chi connectivity index (χ3v) is 6.40. The van der Waals surface area contributed by atoms with Gasteiger partial charge in [0, 0.05) is 12.5 Å². The van der Waals surface area contributed by atoms with Gasteiger partial charge in [-0.15, -0.1) is 0 Å². The van der Waals surface area contributed by atoms with E-state index in [0.717, 1.165) is 27.8 Å². The molecule has 1 heterocycles. The molecule has 0 bridgehead atoms. The van der Waals surface area contributed by atoms with Gasteiger partial charge in [0.15, 0.2) is 0 Å². The highest BCUT2D eigenvalue weighted by atomic mass is 16.6. The minimum absolute atomic E-state index is 0.0854. The lowest BCUT2D eigenvalue weighted by molar-refractivity contribution is 0.0165. The molecule has 6 nitrogen and oxygen atoms in total. The molecule has 0 saturated carbocycles. The first-order chi connectivity index (χ1) is 17.3. The van der Waals surface area contributed by atoms with Crippen molar-refractivity contribution in [2.24, 2.45) is 0 Å². The molecule has 4 rings (SSSR count). The summed E-state index contributed by atoms with van der Waals surface area (Å²) in [6, 6.07) is 23.8. The first-order valence-electron chi connectivity index (χ1n) is 12.4. The Kier molecular flexibility index (Phi) is 7.97. The zero-order valence-electron chi connectivity index (χ0n) is 21.2. The van der Waals surface area contributed by atoms with Crippen molar-refractivity contribution in [1.29, 1.82) is 0 Å². The van der Waals surface area contributed by atoms with E-state index in [1.54, 1.807) is 4.90 Å². The number of likely N-dealkylation sites (tertiary alicyclic amines) is 1. The van der Waals surface area contributed by atoms with Crippen LogP contribution in [0.2, 0.25) is 0 Å². The molecule has 2 atom stereocenters. The van der Waals surface area contributed by atoms with Crippen molar-refractivity contribution in [3.63, 3.8) is 0 Å². The molecule has 0 spiro atoms. The van der Waals surface area contributed by atoms with E-state index in [0.29, 0.717) is 25.3 Å². The summed E-state index contributed by atoms with van der Waals surface area (Å²) in [5.74, 6) is 0.562. The predicted molar refractivity (Wildman–Crippen MR) is 140 cm³/mol. The third kappa shape index (κ3) is 6.25. The van der Waals surface area contributed by atoms with E-state index >= 15 is 0 Å². The number of ether oxygens (including phenoxy) is 2. The largest absolute Gasteiger partial charge is 0.489 e. The number of rotatable bonds is 7. The molecular formula is C30H35NO5. The summed E-state index contributed by atoms with van der Waals surface area (Å²) in [4.78, 5) is 14.3. The van der Waals surface area contributed by atoms with Crippen molar-refractivity contribution in [1.82, 2.24) is 4.90 Å². The summed E-state index contributed by atoms with van der Waals surface area (Å²) in [7, 11) is 0. The highest BCUT2D eigenvalue weighted by Crippen LogP contribution is 2.36. The van der Waals surface area contributed by atoms with E-state index in [1.165, 1.54) is 0 Å². The lowest BCUT2D eigenvalue weighted by Crippen LogP contribution is -2.42. The van der Waals surface area contributed by atoms with Crippen LogP contribution in [-0.2, 0) is 18.0 Å². The minimum atomic E-state index is -0.606. The van der Waals surface area contributed by atoms with Crippen LogP contribution in [-0.4, -0.2) is 46.0 Å². The zero-order valence-corrected chi connectivity index (χ0v) is 21.2. The number of aliphatic hydroxyl groups excluding tert-OH is 2. The second kappa shape index (κ2) is 11.1. The third-order valence-electron chi connectivity index (χ3n) is 6.40. The summed E-state index contributed by atoms with van der Waals surface area (Å²) >= 11 is 0. The van der Waals surface area contributed by atoms with Gasteiger partial charge in [-0.1, -0.05) is 54.6 Å². The molecule has 3 aromatic carbocycles. The molecule has 1 aliphatic rings. The maximum absolute atomic E-state index is 12.7. The predicted octanol–water partition coefficient (Wildman–Crippen LogP) is 5.51. The fraction of sp³-hybridized carbons (Fsp3) is 0.367. The van der Waals surface area contributed by atoms with Crippen LogP contribution in [0.4, 0.5) is 4.79 Å². The number of aliphatic hydroxyl groups is 2. The van der Waals surface area contributed by atoms with Crippen molar-refractivity contribution in [3.8, 4) is 16.9 Å². The van der Waals surface area contributed by atoms with Gasteiger partial charge in [-0.25, -0.2) is 4.79 Å². The van der Waals surface area contributed by atoms with Crippen LogP contribution in [0.5, 0.6) is 5.75 Å². The van der Waals surface area contributed by atoms with E-state index < -0.39 is 17.7 Å². The number of hydrogen-bond donors (Lipinski definition) is 2. The average Bonchev–Trinajstić information content (AvgIpc) is 3.31. The molecule has 0 aromatic heterocycles. The van der Waals surface area contributed by atoms with Crippen molar-refractivity contribution >= 4 is 6.09 Å². The Labute approximate surface area is 213 Å². The van der Waals surface area contributed by atoms with Gasteiger partial charge in [-0.3, -0.25) is 0 Å². The Morgan fingerprint density at radius 3 is 2.39 bits per heavy atom. The maximum atomic E-state index is 12.7. The van der Waals surface area contributed by atoms with E-state index in [4.69, 9.17) is 9.47 Å². The molecule has 2 N–H and O–H groups in total. The van der Waals surface area contributed by atoms with E-state index in [9.17, 15) is 15.0 Å². The summed E-state index contributed by atoms with van der Waals surface area (Å²) in [5.41, 5.74) is 4.37. The van der Waals surface area contributed by atoms with Gasteiger partial charge >= 0.3 is 6.09 Å². The first-order valence-corrected chi connectivity index (χ1v) is 12.4. The number of carbonyl (C=O) groups excluding carboxylic acids is 1. The Morgan fingerprint density at radius 2 is 1.69 bits per heavy atom. The quantitative estimate of drug-likeness (QED) is 0.458. The van der Waals surface area contributed by atoms with Crippen LogP contribution in [0, 0.1) is 0 Å². The van der Waals surface area contributed by atoms with Gasteiger partial charge in [0.05, 0.1) is 19.3 Å². The van der Waals surface area contributed by atoms with Gasteiger partial charge in [-0.2, -0.15) is 0 Å². The van der Waals surface area contributed by atoms with Crippen LogP contribution in [0.15, 0.2) is 72.8 Å². The zero-order chi connectivity index (χ0) is 25.7. The monoisotopic (exact) mass is 489 g/mol. The number of amides is 1. The lowest BCUT2D eigenvalue weighted by Gasteiger charge is -2.30. The van der Waals surface area contributed by atoms with Gasteiger partial charge in [0.1, 0.15) is 18.0 Å². The Hall–Kier alpha value is -3.35. The molecule has 0 radical (unpaired) electrons. The van der Waals surface area contributed by atoms with Crippen LogP contribution in [0.1, 0.15) is 49.8 Å². The molecule has 0 unspecified atom stereocenters. The molecule has 3 aromatic rings. The van der Waals surface area contributed by atoms with Crippen LogP contribution in [0.3, 0.4) is 0 Å². The fourth-order valence-corrected chi connectivity index (χ4v) is 4.73. The molecule has 1 saturated heterocycles. The number of hydrogen-bond acceptors (Lipinski definition) is 5. The Balaban J connectivity index is 1.51. The fourth-order valence-electron chi connectivity index (χ4n) is 4.73. The summed E-state index contributed by atoms with van der Waals surface area (Å²) in [6.45, 7) is 6.07. The normalized spacial score (nSPS) is 17.8. The minimum Gasteiger partial charge on any atom is -0.489 e. The molecule has 0 aliphatic carbocycles. The smallest absolute Gasteiger partial charge is 0.410 e. The van der Waals surface area contributed by atoms with Gasteiger partial charge in [-0.05, 0) is 73.2 Å². The topological polar surface area (TPSA) is 79.2 Å². The lowest BCUT2D eigenvalue weighted by atomic mass is 9.90. The van der Waals surface area contributed by atoms with Gasteiger partial charge in [0.2, 0.25) is 0 Å². The second-order valence-electron chi connectivity index (χ2n) is 10.2. The van der Waals surface area contributed by atoms with Gasteiger partial charge in [0.25, 0.3) is 0 Å². The van der Waals surface area contributed by atoms with Gasteiger partial charge < -0.3 is 24.6 Å².